The first-order valence-electron chi connectivity index (χ1n) is 7.76. The Morgan fingerprint density at radius 1 is 1.23 bits per heavy atom. The van der Waals surface area contributed by atoms with Gasteiger partial charge in [-0.15, -0.1) is 0 Å². The fraction of sp³-hybridized carbons (Fsp3) is 0.412. The molecular weight excluding hydrogens is 298 g/mol. The highest BCUT2D eigenvalue weighted by Gasteiger charge is 2.21. The molecular formula is C17H20ClN3O. The van der Waals surface area contributed by atoms with Crippen LogP contribution in [0.2, 0.25) is 5.15 Å². The molecule has 1 N–H and O–H groups in total. The van der Waals surface area contributed by atoms with Gasteiger partial charge in [0, 0.05) is 6.04 Å². The summed E-state index contributed by atoms with van der Waals surface area (Å²) in [5.74, 6) is -0.129. The van der Waals surface area contributed by atoms with Crippen molar-refractivity contribution in [2.75, 3.05) is 0 Å². The van der Waals surface area contributed by atoms with Crippen LogP contribution in [-0.4, -0.2) is 21.7 Å². The van der Waals surface area contributed by atoms with Crippen molar-refractivity contribution < 1.29 is 4.79 Å². The number of hydrogen-bond acceptors (Lipinski definition) is 2. The average Bonchev–Trinajstić information content (AvgIpc) is 2.91. The average molecular weight is 318 g/mol. The number of aromatic nitrogens is 2. The summed E-state index contributed by atoms with van der Waals surface area (Å²) in [6.07, 6.45) is 7.27. The summed E-state index contributed by atoms with van der Waals surface area (Å²) in [7, 11) is 0. The van der Waals surface area contributed by atoms with Gasteiger partial charge in [0.2, 0.25) is 0 Å². The first-order valence-corrected chi connectivity index (χ1v) is 8.14. The van der Waals surface area contributed by atoms with E-state index >= 15 is 0 Å². The second-order valence-corrected chi connectivity index (χ2v) is 6.26. The molecule has 2 aromatic rings. The maximum Gasteiger partial charge on any atom is 0.256 e. The van der Waals surface area contributed by atoms with Crippen LogP contribution in [0.25, 0.3) is 5.69 Å². The van der Waals surface area contributed by atoms with Crippen LogP contribution in [-0.2, 0) is 0 Å². The maximum absolute atomic E-state index is 12.4. The zero-order valence-corrected chi connectivity index (χ0v) is 13.4. The van der Waals surface area contributed by atoms with Crippen molar-refractivity contribution in [2.24, 2.45) is 0 Å². The number of carbonyl (C=O) groups excluding carboxylic acids is 1. The van der Waals surface area contributed by atoms with Crippen LogP contribution in [0.1, 0.15) is 48.0 Å². The standard InChI is InChI=1S/C17H20ClN3O/c1-12-7-9-14(10-8-12)21-16(18)15(11-19-21)17(22)20-13-5-3-2-4-6-13/h7-11,13H,2-6H2,1H3,(H,20,22). The summed E-state index contributed by atoms with van der Waals surface area (Å²) in [6, 6.07) is 8.14. The largest absolute Gasteiger partial charge is 0.349 e. The van der Waals surface area contributed by atoms with E-state index in [9.17, 15) is 4.79 Å². The van der Waals surface area contributed by atoms with E-state index in [0.717, 1.165) is 18.5 Å². The van der Waals surface area contributed by atoms with E-state index in [1.165, 1.54) is 24.8 Å². The normalized spacial score (nSPS) is 15.7. The Labute approximate surface area is 135 Å². The Hall–Kier alpha value is -1.81. The summed E-state index contributed by atoms with van der Waals surface area (Å²) in [4.78, 5) is 12.4. The molecule has 0 radical (unpaired) electrons. The maximum atomic E-state index is 12.4. The number of benzene rings is 1. The van der Waals surface area contributed by atoms with Gasteiger partial charge in [-0.05, 0) is 31.9 Å². The number of nitrogens with one attached hydrogen (secondary N) is 1. The fourth-order valence-corrected chi connectivity index (χ4v) is 3.14. The van der Waals surface area contributed by atoms with Gasteiger partial charge in [0.15, 0.2) is 0 Å². The number of hydrogen-bond donors (Lipinski definition) is 1. The zero-order chi connectivity index (χ0) is 15.5. The number of aryl methyl sites for hydroxylation is 1. The molecule has 4 nitrogen and oxygen atoms in total. The Bertz CT molecular complexity index is 657. The van der Waals surface area contributed by atoms with Crippen molar-refractivity contribution in [1.82, 2.24) is 15.1 Å². The van der Waals surface area contributed by atoms with E-state index in [1.807, 2.05) is 31.2 Å². The topological polar surface area (TPSA) is 46.9 Å². The molecule has 3 rings (SSSR count). The van der Waals surface area contributed by atoms with Gasteiger partial charge in [-0.2, -0.15) is 5.10 Å². The highest BCUT2D eigenvalue weighted by molar-refractivity contribution is 6.33. The zero-order valence-electron chi connectivity index (χ0n) is 12.7. The molecule has 1 fully saturated rings. The van der Waals surface area contributed by atoms with Gasteiger partial charge in [0.25, 0.3) is 5.91 Å². The molecule has 0 saturated heterocycles. The van der Waals surface area contributed by atoms with E-state index in [-0.39, 0.29) is 11.9 Å². The fourth-order valence-electron chi connectivity index (χ4n) is 2.86. The lowest BCUT2D eigenvalue weighted by Gasteiger charge is -2.22. The molecule has 0 unspecified atom stereocenters. The van der Waals surface area contributed by atoms with Gasteiger partial charge in [0.1, 0.15) is 5.15 Å². The molecule has 22 heavy (non-hydrogen) atoms. The number of nitrogens with zero attached hydrogens (tertiary/aromatic N) is 2. The molecule has 1 aromatic heterocycles. The minimum absolute atomic E-state index is 0.129. The third kappa shape index (κ3) is 3.17. The van der Waals surface area contributed by atoms with Crippen molar-refractivity contribution in [3.05, 3.63) is 46.7 Å². The molecule has 0 aliphatic heterocycles. The quantitative estimate of drug-likeness (QED) is 0.933. The van der Waals surface area contributed by atoms with Crippen LogP contribution < -0.4 is 5.32 Å². The molecule has 5 heteroatoms. The third-order valence-corrected chi connectivity index (χ3v) is 4.54. The summed E-state index contributed by atoms with van der Waals surface area (Å²) in [6.45, 7) is 2.03. The van der Waals surface area contributed by atoms with E-state index < -0.39 is 0 Å². The van der Waals surface area contributed by atoms with Gasteiger partial charge >= 0.3 is 0 Å². The molecule has 1 saturated carbocycles. The second-order valence-electron chi connectivity index (χ2n) is 5.90. The number of carbonyl (C=O) groups is 1. The number of amides is 1. The minimum Gasteiger partial charge on any atom is -0.349 e. The minimum atomic E-state index is -0.129. The van der Waals surface area contributed by atoms with Crippen molar-refractivity contribution in [2.45, 2.75) is 45.1 Å². The van der Waals surface area contributed by atoms with Gasteiger partial charge < -0.3 is 5.32 Å². The van der Waals surface area contributed by atoms with Crippen LogP contribution in [0, 0.1) is 6.92 Å². The monoisotopic (exact) mass is 317 g/mol. The molecule has 116 valence electrons. The number of halogens is 1. The second kappa shape index (κ2) is 6.53. The third-order valence-electron chi connectivity index (χ3n) is 4.17. The molecule has 1 aliphatic carbocycles. The summed E-state index contributed by atoms with van der Waals surface area (Å²) < 4.78 is 1.59. The predicted octanol–water partition coefficient (Wildman–Crippen LogP) is 3.90. The number of rotatable bonds is 3. The Kier molecular flexibility index (Phi) is 4.48. The molecule has 1 aliphatic rings. The van der Waals surface area contributed by atoms with Gasteiger partial charge in [-0.3, -0.25) is 4.79 Å². The SMILES string of the molecule is Cc1ccc(-n2ncc(C(=O)NC3CCCCC3)c2Cl)cc1. The van der Waals surface area contributed by atoms with E-state index in [0.29, 0.717) is 10.7 Å². The van der Waals surface area contributed by atoms with Crippen LogP contribution in [0.5, 0.6) is 0 Å². The van der Waals surface area contributed by atoms with Gasteiger partial charge in [0.05, 0.1) is 17.4 Å². The van der Waals surface area contributed by atoms with E-state index in [1.54, 1.807) is 10.9 Å². The molecule has 0 bridgehead atoms. The van der Waals surface area contributed by atoms with E-state index in [4.69, 9.17) is 11.6 Å². The highest BCUT2D eigenvalue weighted by Crippen LogP contribution is 2.22. The lowest BCUT2D eigenvalue weighted by atomic mass is 9.95. The smallest absolute Gasteiger partial charge is 0.256 e. The van der Waals surface area contributed by atoms with Gasteiger partial charge in [-0.1, -0.05) is 48.6 Å². The highest BCUT2D eigenvalue weighted by atomic mass is 35.5. The van der Waals surface area contributed by atoms with Crippen LogP contribution in [0.15, 0.2) is 30.5 Å². The van der Waals surface area contributed by atoms with E-state index in [2.05, 4.69) is 10.4 Å². The molecule has 0 spiro atoms. The summed E-state index contributed by atoms with van der Waals surface area (Å²) >= 11 is 6.35. The van der Waals surface area contributed by atoms with Crippen LogP contribution >= 0.6 is 11.6 Å². The van der Waals surface area contributed by atoms with Crippen molar-refractivity contribution in [1.29, 1.82) is 0 Å². The summed E-state index contributed by atoms with van der Waals surface area (Å²) in [5.41, 5.74) is 2.46. The van der Waals surface area contributed by atoms with Crippen molar-refractivity contribution in [3.63, 3.8) is 0 Å². The Morgan fingerprint density at radius 3 is 2.59 bits per heavy atom. The first kappa shape index (κ1) is 15.1. The lowest BCUT2D eigenvalue weighted by molar-refractivity contribution is 0.0928. The summed E-state index contributed by atoms with van der Waals surface area (Å²) in [5, 5.41) is 7.69. The Balaban J connectivity index is 1.77. The van der Waals surface area contributed by atoms with Crippen molar-refractivity contribution in [3.8, 4) is 5.69 Å². The van der Waals surface area contributed by atoms with Crippen molar-refractivity contribution >= 4 is 17.5 Å². The lowest BCUT2D eigenvalue weighted by Crippen LogP contribution is -2.36. The molecule has 1 amide bonds. The van der Waals surface area contributed by atoms with Crippen LogP contribution in [0.3, 0.4) is 0 Å². The Morgan fingerprint density at radius 2 is 1.91 bits per heavy atom. The molecule has 1 aromatic carbocycles. The predicted molar refractivity (Wildman–Crippen MR) is 87.7 cm³/mol. The van der Waals surface area contributed by atoms with Crippen LogP contribution in [0.4, 0.5) is 0 Å². The van der Waals surface area contributed by atoms with Gasteiger partial charge in [-0.25, -0.2) is 4.68 Å². The molecule has 0 atom stereocenters. The molecule has 1 heterocycles. The first-order chi connectivity index (χ1) is 10.6.